The molecule has 150 valence electrons. The highest BCUT2D eigenvalue weighted by Gasteiger charge is 2.30. The monoisotopic (exact) mass is 413 g/mol. The number of halogens is 3. The number of carbonyl (C=O) groups excluding carboxylic acids is 2. The van der Waals surface area contributed by atoms with Crippen molar-refractivity contribution in [1.29, 1.82) is 0 Å². The first kappa shape index (κ1) is 21.6. The number of hydrogen-bond donors (Lipinski definition) is 1. The van der Waals surface area contributed by atoms with Crippen molar-refractivity contribution in [3.63, 3.8) is 0 Å². The number of methoxy groups -OCH3 is 1. The summed E-state index contributed by atoms with van der Waals surface area (Å²) in [5.74, 6) is -0.126. The third kappa shape index (κ3) is 5.91. The molecule has 2 aromatic rings. The summed E-state index contributed by atoms with van der Waals surface area (Å²) < 4.78 is 46.7. The Kier molecular flexibility index (Phi) is 6.60. The first-order valence-electron chi connectivity index (χ1n) is 8.05. The quantitative estimate of drug-likeness (QED) is 0.528. The smallest absolute Gasteiger partial charge is 0.417 e. The lowest BCUT2D eigenvalue weighted by atomic mass is 10.2. The van der Waals surface area contributed by atoms with Crippen LogP contribution >= 0.6 is 11.8 Å². The number of alkyl halides is 3. The topological polar surface area (TPSA) is 64.6 Å². The van der Waals surface area contributed by atoms with Gasteiger partial charge in [-0.2, -0.15) is 13.2 Å². The first-order chi connectivity index (χ1) is 13.0. The molecule has 0 atom stereocenters. The molecule has 0 radical (unpaired) electrons. The Bertz CT molecular complexity index is 834. The Morgan fingerprint density at radius 3 is 2.04 bits per heavy atom. The normalized spacial score (nSPS) is 11.6. The minimum atomic E-state index is -4.44. The summed E-state index contributed by atoms with van der Waals surface area (Å²) in [6, 6.07) is 10.4. The molecule has 28 heavy (non-hydrogen) atoms. The van der Waals surface area contributed by atoms with Gasteiger partial charge in [-0.25, -0.2) is 4.79 Å². The van der Waals surface area contributed by atoms with Crippen LogP contribution in [0.5, 0.6) is 5.75 Å². The van der Waals surface area contributed by atoms with E-state index in [1.807, 2.05) is 0 Å². The highest BCUT2D eigenvalue weighted by Crippen LogP contribution is 2.34. The van der Waals surface area contributed by atoms with Crippen LogP contribution < -0.4 is 10.1 Å². The summed E-state index contributed by atoms with van der Waals surface area (Å²) in [5, 5.41) is 2.35. The zero-order valence-corrected chi connectivity index (χ0v) is 16.1. The van der Waals surface area contributed by atoms with Gasteiger partial charge in [-0.3, -0.25) is 10.1 Å². The highest BCUT2D eigenvalue weighted by molar-refractivity contribution is 8.01. The standard InChI is InChI=1S/C19H18F3NO4S/c1-18(2,16(24)26-3)28-15-10-8-14(9-11-15)27-17(25)23-13-6-4-12(5-7-13)19(20,21)22/h4-11H,1-3H3,(H,23,25). The SMILES string of the molecule is COC(=O)C(C)(C)Sc1ccc(OC(=O)Nc2ccc(C(F)(F)F)cc2)cc1. The number of nitrogens with one attached hydrogen (secondary N) is 1. The summed E-state index contributed by atoms with van der Waals surface area (Å²) in [7, 11) is 1.32. The molecule has 5 nitrogen and oxygen atoms in total. The van der Waals surface area contributed by atoms with Gasteiger partial charge in [0.15, 0.2) is 0 Å². The minimum absolute atomic E-state index is 0.171. The second-order valence-electron chi connectivity index (χ2n) is 6.16. The summed E-state index contributed by atoms with van der Waals surface area (Å²) in [4.78, 5) is 24.4. The van der Waals surface area contributed by atoms with Crippen molar-refractivity contribution in [3.05, 3.63) is 54.1 Å². The van der Waals surface area contributed by atoms with Gasteiger partial charge in [-0.15, -0.1) is 11.8 Å². The van der Waals surface area contributed by atoms with Crippen LogP contribution in [0.2, 0.25) is 0 Å². The maximum absolute atomic E-state index is 12.5. The molecule has 0 aliphatic rings. The van der Waals surface area contributed by atoms with Gasteiger partial charge in [0.05, 0.1) is 12.7 Å². The number of ether oxygens (including phenoxy) is 2. The molecule has 0 heterocycles. The van der Waals surface area contributed by atoms with Crippen molar-refractivity contribution < 1.29 is 32.2 Å². The molecular formula is C19H18F3NO4S. The first-order valence-corrected chi connectivity index (χ1v) is 8.86. The Hall–Kier alpha value is -2.68. The van der Waals surface area contributed by atoms with Crippen molar-refractivity contribution in [2.24, 2.45) is 0 Å². The van der Waals surface area contributed by atoms with Gasteiger partial charge >= 0.3 is 18.2 Å². The fourth-order valence-corrected chi connectivity index (χ4v) is 3.18. The molecule has 1 N–H and O–H groups in total. The fourth-order valence-electron chi connectivity index (χ4n) is 2.15. The van der Waals surface area contributed by atoms with Crippen LogP contribution in [-0.2, 0) is 15.7 Å². The maximum Gasteiger partial charge on any atom is 0.417 e. The van der Waals surface area contributed by atoms with E-state index in [-0.39, 0.29) is 17.4 Å². The van der Waals surface area contributed by atoms with Gasteiger partial charge in [0.25, 0.3) is 0 Å². The van der Waals surface area contributed by atoms with Crippen molar-refractivity contribution in [2.45, 2.75) is 29.7 Å². The van der Waals surface area contributed by atoms with E-state index in [0.29, 0.717) is 0 Å². The van der Waals surface area contributed by atoms with Gasteiger partial charge in [0.2, 0.25) is 0 Å². The number of anilines is 1. The average molecular weight is 413 g/mol. The molecule has 0 spiro atoms. The van der Waals surface area contributed by atoms with E-state index in [1.165, 1.54) is 18.9 Å². The van der Waals surface area contributed by atoms with Crippen LogP contribution in [0, 0.1) is 0 Å². The summed E-state index contributed by atoms with van der Waals surface area (Å²) >= 11 is 1.29. The van der Waals surface area contributed by atoms with Crippen molar-refractivity contribution in [2.75, 3.05) is 12.4 Å². The van der Waals surface area contributed by atoms with Gasteiger partial charge in [-0.05, 0) is 62.4 Å². The van der Waals surface area contributed by atoms with E-state index in [0.717, 1.165) is 29.2 Å². The van der Waals surface area contributed by atoms with Crippen molar-refractivity contribution >= 4 is 29.5 Å². The molecule has 0 saturated carbocycles. The molecule has 0 unspecified atom stereocenters. The average Bonchev–Trinajstić information content (AvgIpc) is 2.62. The van der Waals surface area contributed by atoms with Crippen molar-refractivity contribution in [1.82, 2.24) is 0 Å². The zero-order chi connectivity index (χ0) is 20.9. The van der Waals surface area contributed by atoms with Gasteiger partial charge in [-0.1, -0.05) is 0 Å². The van der Waals surface area contributed by atoms with Crippen LogP contribution in [-0.4, -0.2) is 23.9 Å². The molecule has 9 heteroatoms. The lowest BCUT2D eigenvalue weighted by Gasteiger charge is -2.20. The Morgan fingerprint density at radius 2 is 1.54 bits per heavy atom. The molecule has 0 aliphatic carbocycles. The van der Waals surface area contributed by atoms with Crippen LogP contribution in [0.3, 0.4) is 0 Å². The van der Waals surface area contributed by atoms with E-state index in [4.69, 9.17) is 9.47 Å². The van der Waals surface area contributed by atoms with Crippen molar-refractivity contribution in [3.8, 4) is 5.75 Å². The third-order valence-corrected chi connectivity index (χ3v) is 4.73. The number of esters is 1. The van der Waals surface area contributed by atoms with E-state index < -0.39 is 22.6 Å². The van der Waals surface area contributed by atoms with E-state index in [1.54, 1.807) is 38.1 Å². The lowest BCUT2D eigenvalue weighted by Crippen LogP contribution is -2.28. The molecular weight excluding hydrogens is 395 g/mol. The summed E-state index contributed by atoms with van der Waals surface area (Å²) in [6.07, 6.45) is -5.28. The van der Waals surface area contributed by atoms with Gasteiger partial charge in [0, 0.05) is 10.6 Å². The van der Waals surface area contributed by atoms with Crippen LogP contribution in [0.4, 0.5) is 23.7 Å². The maximum atomic E-state index is 12.5. The fraction of sp³-hybridized carbons (Fsp3) is 0.263. The predicted octanol–water partition coefficient (Wildman–Crippen LogP) is 5.36. The molecule has 2 rings (SSSR count). The third-order valence-electron chi connectivity index (χ3n) is 3.54. The largest absolute Gasteiger partial charge is 0.468 e. The zero-order valence-electron chi connectivity index (χ0n) is 15.3. The summed E-state index contributed by atoms with van der Waals surface area (Å²) in [6.45, 7) is 3.46. The number of rotatable bonds is 5. The molecule has 0 bridgehead atoms. The Balaban J connectivity index is 1.95. The molecule has 0 saturated heterocycles. The number of carbonyl (C=O) groups is 2. The van der Waals surface area contributed by atoms with E-state index >= 15 is 0 Å². The second kappa shape index (κ2) is 8.55. The lowest BCUT2D eigenvalue weighted by molar-refractivity contribution is -0.142. The predicted molar refractivity (Wildman–Crippen MR) is 99.5 cm³/mol. The van der Waals surface area contributed by atoms with Gasteiger partial charge in [0.1, 0.15) is 10.5 Å². The number of amides is 1. The number of hydrogen-bond acceptors (Lipinski definition) is 5. The van der Waals surface area contributed by atoms with Crippen LogP contribution in [0.25, 0.3) is 0 Å². The minimum Gasteiger partial charge on any atom is -0.468 e. The van der Waals surface area contributed by atoms with Gasteiger partial charge < -0.3 is 9.47 Å². The van der Waals surface area contributed by atoms with E-state index in [2.05, 4.69) is 5.32 Å². The molecule has 0 aliphatic heterocycles. The summed E-state index contributed by atoms with van der Waals surface area (Å²) in [5.41, 5.74) is -0.639. The number of thioether (sulfide) groups is 1. The Labute approximate surface area is 164 Å². The highest BCUT2D eigenvalue weighted by atomic mass is 32.2. The number of benzene rings is 2. The molecule has 1 amide bonds. The molecule has 2 aromatic carbocycles. The molecule has 0 fully saturated rings. The Morgan fingerprint density at radius 1 is 0.964 bits per heavy atom. The van der Waals surface area contributed by atoms with E-state index in [9.17, 15) is 22.8 Å². The molecule has 0 aromatic heterocycles. The van der Waals surface area contributed by atoms with Crippen LogP contribution in [0.15, 0.2) is 53.4 Å². The van der Waals surface area contributed by atoms with Crippen LogP contribution in [0.1, 0.15) is 19.4 Å². The second-order valence-corrected chi connectivity index (χ2v) is 7.86.